The van der Waals surface area contributed by atoms with Crippen molar-refractivity contribution >= 4 is 11.6 Å². The van der Waals surface area contributed by atoms with Crippen LogP contribution in [0.3, 0.4) is 0 Å². The molecule has 1 aliphatic heterocycles. The van der Waals surface area contributed by atoms with Crippen LogP contribution in [0, 0.1) is 5.92 Å². The maximum Gasteiger partial charge on any atom is 0.137 e. The lowest BCUT2D eigenvalue weighted by Crippen LogP contribution is -2.33. The molecular formula is C17H26ClNO. The van der Waals surface area contributed by atoms with E-state index in [-0.39, 0.29) is 5.41 Å². The van der Waals surface area contributed by atoms with E-state index < -0.39 is 0 Å². The number of rotatable bonds is 5. The molecule has 2 nitrogen and oxygen atoms in total. The number of hydrogen-bond donors (Lipinski definition) is 1. The Hall–Kier alpha value is -0.730. The highest BCUT2D eigenvalue weighted by Gasteiger charge is 2.20. The third-order valence-corrected chi connectivity index (χ3v) is 4.77. The van der Waals surface area contributed by atoms with E-state index in [9.17, 15) is 0 Å². The Kier molecular flexibility index (Phi) is 5.34. The van der Waals surface area contributed by atoms with Crippen LogP contribution in [-0.2, 0) is 5.41 Å². The zero-order valence-electron chi connectivity index (χ0n) is 12.8. The Morgan fingerprint density at radius 3 is 2.80 bits per heavy atom. The molecule has 1 unspecified atom stereocenters. The number of nitrogens with one attached hydrogen (secondary N) is 1. The summed E-state index contributed by atoms with van der Waals surface area (Å²) in [4.78, 5) is 0. The fourth-order valence-corrected chi connectivity index (χ4v) is 2.75. The third-order valence-electron chi connectivity index (χ3n) is 4.47. The number of benzene rings is 1. The first-order chi connectivity index (χ1) is 9.53. The van der Waals surface area contributed by atoms with Crippen molar-refractivity contribution in [2.45, 2.75) is 45.4 Å². The molecule has 0 spiro atoms. The van der Waals surface area contributed by atoms with Gasteiger partial charge in [0, 0.05) is 12.5 Å². The van der Waals surface area contributed by atoms with Crippen LogP contribution in [0.5, 0.6) is 5.75 Å². The van der Waals surface area contributed by atoms with Crippen molar-refractivity contribution in [3.8, 4) is 5.75 Å². The minimum absolute atomic E-state index is 0.162. The number of piperidine rings is 1. The van der Waals surface area contributed by atoms with Gasteiger partial charge in [-0.15, -0.1) is 0 Å². The van der Waals surface area contributed by atoms with Crippen molar-refractivity contribution < 1.29 is 4.74 Å². The molecule has 1 aromatic carbocycles. The van der Waals surface area contributed by atoms with E-state index in [0.717, 1.165) is 36.9 Å². The standard InChI is InChI=1S/C17H26ClNO/c1-4-17(2,3)14-7-8-16(15(18)10-14)20-12-13-6-5-9-19-11-13/h7-8,10,13,19H,4-6,9,11-12H2,1-3H3. The lowest BCUT2D eigenvalue weighted by molar-refractivity contribution is 0.218. The van der Waals surface area contributed by atoms with Gasteiger partial charge in [0.15, 0.2) is 0 Å². The molecule has 1 aliphatic rings. The molecule has 1 fully saturated rings. The second kappa shape index (κ2) is 6.82. The summed E-state index contributed by atoms with van der Waals surface area (Å²) in [5, 5.41) is 4.14. The highest BCUT2D eigenvalue weighted by molar-refractivity contribution is 6.32. The average molecular weight is 296 g/mol. The molecule has 0 bridgehead atoms. The molecule has 1 saturated heterocycles. The predicted molar refractivity (Wildman–Crippen MR) is 85.9 cm³/mol. The van der Waals surface area contributed by atoms with Crippen molar-refractivity contribution in [2.75, 3.05) is 19.7 Å². The number of ether oxygens (including phenoxy) is 1. The second-order valence-corrected chi connectivity index (χ2v) is 6.81. The normalized spacial score (nSPS) is 19.9. The first-order valence-corrected chi connectivity index (χ1v) is 8.04. The highest BCUT2D eigenvalue weighted by atomic mass is 35.5. The van der Waals surface area contributed by atoms with Gasteiger partial charge in [0.2, 0.25) is 0 Å². The van der Waals surface area contributed by atoms with Crippen LogP contribution >= 0.6 is 11.6 Å². The van der Waals surface area contributed by atoms with Gasteiger partial charge >= 0.3 is 0 Å². The van der Waals surface area contributed by atoms with Crippen LogP contribution in [0.1, 0.15) is 45.6 Å². The maximum atomic E-state index is 6.37. The van der Waals surface area contributed by atoms with Gasteiger partial charge < -0.3 is 10.1 Å². The summed E-state index contributed by atoms with van der Waals surface area (Å²) >= 11 is 6.37. The fraction of sp³-hybridized carbons (Fsp3) is 0.647. The fourth-order valence-electron chi connectivity index (χ4n) is 2.52. The Morgan fingerprint density at radius 2 is 2.20 bits per heavy atom. The SMILES string of the molecule is CCC(C)(C)c1ccc(OCC2CCCNC2)c(Cl)c1. The largest absolute Gasteiger partial charge is 0.492 e. The highest BCUT2D eigenvalue weighted by Crippen LogP contribution is 2.33. The topological polar surface area (TPSA) is 21.3 Å². The molecule has 0 aliphatic carbocycles. The van der Waals surface area contributed by atoms with Crippen molar-refractivity contribution in [3.05, 3.63) is 28.8 Å². The van der Waals surface area contributed by atoms with E-state index in [1.165, 1.54) is 18.4 Å². The van der Waals surface area contributed by atoms with Gasteiger partial charge in [-0.3, -0.25) is 0 Å². The third kappa shape index (κ3) is 3.89. The smallest absolute Gasteiger partial charge is 0.137 e. The Morgan fingerprint density at radius 1 is 1.40 bits per heavy atom. The van der Waals surface area contributed by atoms with E-state index in [1.54, 1.807) is 0 Å². The Bertz CT molecular complexity index is 439. The van der Waals surface area contributed by atoms with E-state index in [1.807, 2.05) is 6.07 Å². The second-order valence-electron chi connectivity index (χ2n) is 6.41. The van der Waals surface area contributed by atoms with Crippen LogP contribution in [0.15, 0.2) is 18.2 Å². The maximum absolute atomic E-state index is 6.37. The van der Waals surface area contributed by atoms with Crippen molar-refractivity contribution in [1.29, 1.82) is 0 Å². The van der Waals surface area contributed by atoms with Gasteiger partial charge in [-0.2, -0.15) is 0 Å². The molecule has 0 amide bonds. The molecule has 3 heteroatoms. The Balaban J connectivity index is 1.99. The number of hydrogen-bond acceptors (Lipinski definition) is 2. The van der Waals surface area contributed by atoms with Crippen LogP contribution in [0.25, 0.3) is 0 Å². The van der Waals surface area contributed by atoms with Gasteiger partial charge in [0.05, 0.1) is 11.6 Å². The van der Waals surface area contributed by atoms with Gasteiger partial charge in [0.25, 0.3) is 0 Å². The monoisotopic (exact) mass is 295 g/mol. The van der Waals surface area contributed by atoms with E-state index in [4.69, 9.17) is 16.3 Å². The lowest BCUT2D eigenvalue weighted by Gasteiger charge is -2.25. The van der Waals surface area contributed by atoms with Crippen molar-refractivity contribution in [2.24, 2.45) is 5.92 Å². The molecule has 0 saturated carbocycles. The minimum atomic E-state index is 0.162. The molecule has 1 heterocycles. The minimum Gasteiger partial charge on any atom is -0.492 e. The van der Waals surface area contributed by atoms with E-state index >= 15 is 0 Å². The summed E-state index contributed by atoms with van der Waals surface area (Å²) in [5.41, 5.74) is 1.44. The zero-order valence-corrected chi connectivity index (χ0v) is 13.6. The van der Waals surface area contributed by atoms with Gasteiger partial charge in [-0.05, 0) is 48.9 Å². The molecule has 20 heavy (non-hydrogen) atoms. The average Bonchev–Trinajstić information content (AvgIpc) is 2.47. The van der Waals surface area contributed by atoms with Crippen LogP contribution in [0.2, 0.25) is 5.02 Å². The van der Waals surface area contributed by atoms with Gasteiger partial charge in [-0.25, -0.2) is 0 Å². The summed E-state index contributed by atoms with van der Waals surface area (Å²) in [5.74, 6) is 1.42. The zero-order chi connectivity index (χ0) is 14.6. The molecule has 2 rings (SSSR count). The molecule has 1 aromatic rings. The molecule has 1 atom stereocenters. The first-order valence-electron chi connectivity index (χ1n) is 7.66. The summed E-state index contributed by atoms with van der Waals surface area (Å²) in [6.07, 6.45) is 3.58. The molecular weight excluding hydrogens is 270 g/mol. The quantitative estimate of drug-likeness (QED) is 0.869. The van der Waals surface area contributed by atoms with Crippen LogP contribution in [-0.4, -0.2) is 19.7 Å². The van der Waals surface area contributed by atoms with Crippen LogP contribution < -0.4 is 10.1 Å². The molecule has 112 valence electrons. The summed E-state index contributed by atoms with van der Waals surface area (Å²) < 4.78 is 5.91. The molecule has 1 N–H and O–H groups in total. The van der Waals surface area contributed by atoms with Gasteiger partial charge in [-0.1, -0.05) is 38.4 Å². The summed E-state index contributed by atoms with van der Waals surface area (Å²) in [6, 6.07) is 6.22. The Labute approximate surface area is 127 Å². The van der Waals surface area contributed by atoms with E-state index in [2.05, 4.69) is 38.2 Å². The lowest BCUT2D eigenvalue weighted by atomic mass is 9.82. The predicted octanol–water partition coefficient (Wildman–Crippen LogP) is 4.41. The molecule has 0 radical (unpaired) electrons. The van der Waals surface area contributed by atoms with E-state index in [0.29, 0.717) is 5.92 Å². The first kappa shape index (κ1) is 15.7. The van der Waals surface area contributed by atoms with Crippen LogP contribution in [0.4, 0.5) is 0 Å². The van der Waals surface area contributed by atoms with Gasteiger partial charge in [0.1, 0.15) is 5.75 Å². The number of halogens is 1. The van der Waals surface area contributed by atoms with Crippen molar-refractivity contribution in [3.63, 3.8) is 0 Å². The molecule has 0 aromatic heterocycles. The summed E-state index contributed by atoms with van der Waals surface area (Å²) in [6.45, 7) is 9.63. The summed E-state index contributed by atoms with van der Waals surface area (Å²) in [7, 11) is 0. The van der Waals surface area contributed by atoms with Crippen molar-refractivity contribution in [1.82, 2.24) is 5.32 Å².